The number of pyridine rings is 1. The number of halogens is 3. The van der Waals surface area contributed by atoms with Gasteiger partial charge in [0.1, 0.15) is 0 Å². The molecule has 1 aromatic rings. The number of methoxy groups -OCH3 is 1. The molecule has 1 saturated carbocycles. The monoisotopic (exact) mass is 485 g/mol. The Labute approximate surface area is 200 Å². The second-order valence-corrected chi connectivity index (χ2v) is 9.74. The van der Waals surface area contributed by atoms with Crippen molar-refractivity contribution in [3.63, 3.8) is 0 Å². The Balaban J connectivity index is 1.74. The molecular formula is C25H38F3N3O3. The van der Waals surface area contributed by atoms with Crippen LogP contribution in [-0.4, -0.2) is 59.3 Å². The van der Waals surface area contributed by atoms with Gasteiger partial charge < -0.3 is 20.1 Å². The lowest BCUT2D eigenvalue weighted by Gasteiger charge is -2.37. The number of nitrogens with zero attached hydrogens (tertiary/aromatic N) is 2. The molecule has 2 aliphatic rings. The molecule has 9 heteroatoms. The summed E-state index contributed by atoms with van der Waals surface area (Å²) in [7, 11) is 1.72. The fraction of sp³-hybridized carbons (Fsp3) is 0.760. The van der Waals surface area contributed by atoms with Crippen LogP contribution in [0.1, 0.15) is 75.6 Å². The van der Waals surface area contributed by atoms with Gasteiger partial charge in [-0.05, 0) is 50.2 Å². The van der Waals surface area contributed by atoms with E-state index in [1.54, 1.807) is 12.0 Å². The second kappa shape index (κ2) is 11.4. The molecular weight excluding hydrogens is 447 g/mol. The third kappa shape index (κ3) is 5.91. The summed E-state index contributed by atoms with van der Waals surface area (Å²) >= 11 is 0. The molecule has 192 valence electrons. The number of fused-ring (bicyclic) bond motifs is 1. The Morgan fingerprint density at radius 1 is 1.41 bits per heavy atom. The molecule has 2 heterocycles. The van der Waals surface area contributed by atoms with E-state index < -0.39 is 17.2 Å². The molecule has 1 aliphatic heterocycles. The van der Waals surface area contributed by atoms with Gasteiger partial charge in [-0.2, -0.15) is 13.2 Å². The first-order valence-corrected chi connectivity index (χ1v) is 12.4. The number of amides is 1. The molecule has 0 radical (unpaired) electrons. The van der Waals surface area contributed by atoms with Gasteiger partial charge in [-0.1, -0.05) is 20.3 Å². The highest BCUT2D eigenvalue weighted by molar-refractivity contribution is 5.83. The third-order valence-electron chi connectivity index (χ3n) is 7.51. The maximum Gasteiger partial charge on any atom is 0.417 e. The van der Waals surface area contributed by atoms with Crippen molar-refractivity contribution in [2.45, 2.75) is 96.1 Å². The highest BCUT2D eigenvalue weighted by atomic mass is 19.4. The van der Waals surface area contributed by atoms with Crippen molar-refractivity contribution < 1.29 is 27.8 Å². The third-order valence-corrected chi connectivity index (χ3v) is 7.51. The summed E-state index contributed by atoms with van der Waals surface area (Å²) in [5, 5.41) is 13.5. The Hall–Kier alpha value is -1.71. The molecule has 3 unspecified atom stereocenters. The van der Waals surface area contributed by atoms with Crippen LogP contribution < -0.4 is 5.32 Å². The van der Waals surface area contributed by atoms with Crippen molar-refractivity contribution in [3.05, 3.63) is 29.1 Å². The number of aromatic nitrogens is 1. The Morgan fingerprint density at radius 2 is 2.18 bits per heavy atom. The van der Waals surface area contributed by atoms with Gasteiger partial charge >= 0.3 is 6.18 Å². The standard InChI is InChI=1S/C25H38F3N3O3/c1-4-6-21(22(5-2)34-3)30-19-7-9-24(14-19,10-12-32)23(33)31-11-8-20-17(16-31)13-18(15-29-20)25(26,27)28/h13,15,19,21-22,30,32H,4-12,14,16H2,1-3H3/t19?,21?,22?,24-/m1/s1. The van der Waals surface area contributed by atoms with E-state index in [0.717, 1.165) is 37.9 Å². The predicted octanol–water partition coefficient (Wildman–Crippen LogP) is 4.09. The molecule has 1 amide bonds. The first kappa shape index (κ1) is 26.9. The zero-order chi connectivity index (χ0) is 24.9. The van der Waals surface area contributed by atoms with E-state index in [2.05, 4.69) is 24.1 Å². The lowest BCUT2D eigenvalue weighted by atomic mass is 9.80. The first-order valence-electron chi connectivity index (χ1n) is 12.4. The van der Waals surface area contributed by atoms with Gasteiger partial charge in [-0.15, -0.1) is 0 Å². The summed E-state index contributed by atoms with van der Waals surface area (Å²) in [6, 6.07) is 1.44. The van der Waals surface area contributed by atoms with Crippen LogP contribution in [0.15, 0.2) is 12.3 Å². The molecule has 3 rings (SSSR count). The van der Waals surface area contributed by atoms with Crippen molar-refractivity contribution in [1.29, 1.82) is 0 Å². The number of alkyl halides is 3. The number of rotatable bonds is 10. The van der Waals surface area contributed by atoms with Crippen LogP contribution in [0.4, 0.5) is 13.2 Å². The van der Waals surface area contributed by atoms with Crippen LogP contribution in [0.2, 0.25) is 0 Å². The number of hydrogen-bond donors (Lipinski definition) is 2. The minimum atomic E-state index is -4.47. The van der Waals surface area contributed by atoms with E-state index in [4.69, 9.17) is 4.74 Å². The van der Waals surface area contributed by atoms with Crippen LogP contribution >= 0.6 is 0 Å². The molecule has 0 aromatic carbocycles. The molecule has 4 atom stereocenters. The summed E-state index contributed by atoms with van der Waals surface area (Å²) in [6.45, 7) is 4.68. The molecule has 0 spiro atoms. The van der Waals surface area contributed by atoms with Gasteiger partial charge in [0.15, 0.2) is 0 Å². The number of carbonyl (C=O) groups is 1. The molecule has 0 bridgehead atoms. The van der Waals surface area contributed by atoms with Gasteiger partial charge in [0, 0.05) is 57.2 Å². The summed E-state index contributed by atoms with van der Waals surface area (Å²) in [6.07, 6.45) is 2.24. The maximum absolute atomic E-state index is 13.7. The summed E-state index contributed by atoms with van der Waals surface area (Å²) in [5.74, 6) is -0.0697. The van der Waals surface area contributed by atoms with Crippen LogP contribution in [0.5, 0.6) is 0 Å². The van der Waals surface area contributed by atoms with Crippen molar-refractivity contribution in [1.82, 2.24) is 15.2 Å². The van der Waals surface area contributed by atoms with Gasteiger partial charge in [0.2, 0.25) is 5.91 Å². The number of ether oxygens (including phenoxy) is 1. The van der Waals surface area contributed by atoms with Crippen LogP contribution in [0, 0.1) is 5.41 Å². The van der Waals surface area contributed by atoms with E-state index in [1.165, 1.54) is 0 Å². The minimum absolute atomic E-state index is 0.0697. The molecule has 6 nitrogen and oxygen atoms in total. The van der Waals surface area contributed by atoms with E-state index in [1.807, 2.05) is 0 Å². The number of hydrogen-bond acceptors (Lipinski definition) is 5. The van der Waals surface area contributed by atoms with E-state index in [-0.39, 0.29) is 37.2 Å². The van der Waals surface area contributed by atoms with Gasteiger partial charge in [0.05, 0.1) is 17.1 Å². The number of nitrogens with one attached hydrogen (secondary N) is 1. The largest absolute Gasteiger partial charge is 0.417 e. The normalized spacial score (nSPS) is 24.7. The quantitative estimate of drug-likeness (QED) is 0.522. The van der Waals surface area contributed by atoms with Gasteiger partial charge in [-0.3, -0.25) is 9.78 Å². The van der Waals surface area contributed by atoms with Gasteiger partial charge in [-0.25, -0.2) is 0 Å². The zero-order valence-electron chi connectivity index (χ0n) is 20.5. The molecule has 1 fully saturated rings. The summed E-state index contributed by atoms with van der Waals surface area (Å²) < 4.78 is 45.2. The van der Waals surface area contributed by atoms with Crippen molar-refractivity contribution >= 4 is 5.91 Å². The lowest BCUT2D eigenvalue weighted by Crippen LogP contribution is -2.48. The Morgan fingerprint density at radius 3 is 2.79 bits per heavy atom. The number of aliphatic hydroxyl groups excluding tert-OH is 1. The summed E-state index contributed by atoms with van der Waals surface area (Å²) in [5.41, 5.74) is -0.423. The lowest BCUT2D eigenvalue weighted by molar-refractivity contribution is -0.144. The van der Waals surface area contributed by atoms with Crippen LogP contribution in [-0.2, 0) is 28.7 Å². The highest BCUT2D eigenvalue weighted by Crippen LogP contribution is 2.44. The Kier molecular flexibility index (Phi) is 8.98. The van der Waals surface area contributed by atoms with Crippen molar-refractivity contribution in [2.75, 3.05) is 20.3 Å². The molecule has 0 saturated heterocycles. The van der Waals surface area contributed by atoms with Crippen molar-refractivity contribution in [2.24, 2.45) is 5.41 Å². The number of carbonyl (C=O) groups excluding carboxylic acids is 1. The second-order valence-electron chi connectivity index (χ2n) is 9.74. The molecule has 2 N–H and O–H groups in total. The zero-order valence-corrected chi connectivity index (χ0v) is 20.5. The minimum Gasteiger partial charge on any atom is -0.396 e. The maximum atomic E-state index is 13.7. The predicted molar refractivity (Wildman–Crippen MR) is 123 cm³/mol. The Bertz CT molecular complexity index is 831. The SMILES string of the molecule is CCCC(NC1CC[C@](CCO)(C(=O)N2CCc3ncc(C(F)(F)F)cc3C2)C1)C(CC)OC. The van der Waals surface area contributed by atoms with Crippen molar-refractivity contribution in [3.8, 4) is 0 Å². The molecule has 34 heavy (non-hydrogen) atoms. The average molecular weight is 486 g/mol. The van der Waals surface area contributed by atoms with Gasteiger partial charge in [0.25, 0.3) is 0 Å². The number of aliphatic hydroxyl groups is 1. The topological polar surface area (TPSA) is 74.7 Å². The smallest absolute Gasteiger partial charge is 0.396 e. The van der Waals surface area contributed by atoms with E-state index in [0.29, 0.717) is 43.5 Å². The van der Waals surface area contributed by atoms with E-state index >= 15 is 0 Å². The first-order chi connectivity index (χ1) is 16.2. The highest BCUT2D eigenvalue weighted by Gasteiger charge is 2.47. The average Bonchev–Trinajstić information content (AvgIpc) is 3.22. The summed E-state index contributed by atoms with van der Waals surface area (Å²) in [4.78, 5) is 19.4. The van der Waals surface area contributed by atoms with Crippen LogP contribution in [0.25, 0.3) is 0 Å². The van der Waals surface area contributed by atoms with E-state index in [9.17, 15) is 23.1 Å². The molecule has 1 aromatic heterocycles. The molecule has 1 aliphatic carbocycles. The fourth-order valence-electron chi connectivity index (χ4n) is 5.71. The van der Waals surface area contributed by atoms with Crippen LogP contribution in [0.3, 0.4) is 0 Å². The fourth-order valence-corrected chi connectivity index (χ4v) is 5.71.